The van der Waals surface area contributed by atoms with Gasteiger partial charge in [-0.15, -0.1) is 11.8 Å². The summed E-state index contributed by atoms with van der Waals surface area (Å²) >= 11 is 1.77. The molecule has 6 atom stereocenters. The van der Waals surface area contributed by atoms with Crippen LogP contribution in [0.3, 0.4) is 0 Å². The van der Waals surface area contributed by atoms with E-state index in [2.05, 4.69) is 52.9 Å². The van der Waals surface area contributed by atoms with Gasteiger partial charge in [-0.25, -0.2) is 0 Å². The van der Waals surface area contributed by atoms with Crippen LogP contribution in [0.4, 0.5) is 0 Å². The zero-order valence-electron chi connectivity index (χ0n) is 21.8. The van der Waals surface area contributed by atoms with Gasteiger partial charge >= 0.3 is 0 Å². The maximum atomic E-state index is 7.05. The molecule has 35 heavy (non-hydrogen) atoms. The Morgan fingerprint density at radius 3 is 2.23 bits per heavy atom. The number of ether oxygens (including phenoxy) is 4. The maximum Gasteiger partial charge on any atom is 0.192 e. The van der Waals surface area contributed by atoms with Gasteiger partial charge in [-0.1, -0.05) is 88.4 Å². The van der Waals surface area contributed by atoms with Gasteiger partial charge in [-0.05, 0) is 29.4 Å². The smallest absolute Gasteiger partial charge is 0.192 e. The Morgan fingerprint density at radius 2 is 1.60 bits per heavy atom. The van der Waals surface area contributed by atoms with Gasteiger partial charge in [0, 0.05) is 5.56 Å². The third-order valence-corrected chi connectivity index (χ3v) is 12.7. The molecule has 0 bridgehead atoms. The van der Waals surface area contributed by atoms with Crippen LogP contribution >= 0.6 is 11.8 Å². The van der Waals surface area contributed by atoms with Crippen LogP contribution in [-0.2, 0) is 30.0 Å². The fourth-order valence-electron chi connectivity index (χ4n) is 4.22. The van der Waals surface area contributed by atoms with Gasteiger partial charge < -0.3 is 23.4 Å². The van der Waals surface area contributed by atoms with Crippen molar-refractivity contribution in [3.8, 4) is 0 Å². The second kappa shape index (κ2) is 11.5. The Bertz CT molecular complexity index is 920. The van der Waals surface area contributed by atoms with E-state index in [-0.39, 0.29) is 34.9 Å². The summed E-state index contributed by atoms with van der Waals surface area (Å²) < 4.78 is 33.0. The second-order valence-electron chi connectivity index (χ2n) is 10.8. The van der Waals surface area contributed by atoms with Crippen molar-refractivity contribution in [3.05, 3.63) is 71.8 Å². The second-order valence-corrected chi connectivity index (χ2v) is 16.9. The molecule has 0 spiro atoms. The summed E-state index contributed by atoms with van der Waals surface area (Å²) in [6, 6.07) is 20.4. The van der Waals surface area contributed by atoms with E-state index in [4.69, 9.17) is 23.4 Å². The van der Waals surface area contributed by atoms with Crippen molar-refractivity contribution in [1.29, 1.82) is 0 Å². The van der Waals surface area contributed by atoms with Crippen LogP contribution < -0.4 is 0 Å². The molecule has 4 rings (SSSR count). The first-order chi connectivity index (χ1) is 16.7. The molecular formula is C28H40O5SSi. The molecule has 0 unspecified atom stereocenters. The monoisotopic (exact) mass is 516 g/mol. The third kappa shape index (κ3) is 6.39. The minimum Gasteiger partial charge on any atom is -0.408 e. The lowest BCUT2D eigenvalue weighted by Gasteiger charge is -2.51. The lowest BCUT2D eigenvalue weighted by atomic mass is 9.98. The minimum atomic E-state index is -2.11. The van der Waals surface area contributed by atoms with Crippen LogP contribution in [0, 0.1) is 0 Å². The topological polar surface area (TPSA) is 46.2 Å². The van der Waals surface area contributed by atoms with Gasteiger partial charge in [0.1, 0.15) is 29.9 Å². The molecule has 2 saturated heterocycles. The standard InChI is InChI=1S/C28H40O5SSi/c1-7-34-27-25(33-35(5,6)28(2,3)4)24(29-18-20-14-10-8-11-15-20)23-22(31-27)19-30-26(32-23)21-16-12-9-13-17-21/h8-17,22-27H,7,18-19H2,1-6H3/t22-,23-,24+,25+,26-,27-/m1/s1. The van der Waals surface area contributed by atoms with E-state index in [1.807, 2.05) is 48.5 Å². The molecule has 5 nitrogen and oxygen atoms in total. The van der Waals surface area contributed by atoms with Crippen molar-refractivity contribution in [2.24, 2.45) is 0 Å². The molecular weight excluding hydrogens is 476 g/mol. The Kier molecular flexibility index (Phi) is 8.80. The molecule has 2 heterocycles. The zero-order chi connectivity index (χ0) is 25.1. The highest BCUT2D eigenvalue weighted by molar-refractivity contribution is 7.99. The number of fused-ring (bicyclic) bond motifs is 1. The fourth-order valence-corrected chi connectivity index (χ4v) is 6.56. The van der Waals surface area contributed by atoms with Gasteiger partial charge in [-0.2, -0.15) is 0 Å². The highest BCUT2D eigenvalue weighted by atomic mass is 32.2. The molecule has 2 fully saturated rings. The van der Waals surface area contributed by atoms with Gasteiger partial charge in [0.2, 0.25) is 0 Å². The molecule has 2 aromatic rings. The van der Waals surface area contributed by atoms with Gasteiger partial charge in [-0.3, -0.25) is 0 Å². The molecule has 0 radical (unpaired) electrons. The summed E-state index contributed by atoms with van der Waals surface area (Å²) in [7, 11) is -2.11. The molecule has 2 aliphatic heterocycles. The first kappa shape index (κ1) is 26.9. The largest absolute Gasteiger partial charge is 0.408 e. The number of rotatable bonds is 8. The molecule has 0 amide bonds. The number of benzene rings is 2. The van der Waals surface area contributed by atoms with E-state index < -0.39 is 14.6 Å². The summed E-state index contributed by atoms with van der Waals surface area (Å²) in [5.74, 6) is 0.930. The Labute approximate surface area is 216 Å². The summed E-state index contributed by atoms with van der Waals surface area (Å²) in [6.45, 7) is 14.5. The van der Waals surface area contributed by atoms with E-state index in [1.165, 1.54) is 0 Å². The molecule has 7 heteroatoms. The first-order valence-corrected chi connectivity index (χ1v) is 16.6. The van der Waals surface area contributed by atoms with Crippen LogP contribution in [-0.4, -0.2) is 50.5 Å². The predicted molar refractivity (Wildman–Crippen MR) is 144 cm³/mol. The number of hydrogen-bond acceptors (Lipinski definition) is 6. The summed E-state index contributed by atoms with van der Waals surface area (Å²) in [6.07, 6.45) is -1.46. The Balaban J connectivity index is 1.64. The maximum absolute atomic E-state index is 7.05. The Morgan fingerprint density at radius 1 is 0.943 bits per heavy atom. The van der Waals surface area contributed by atoms with Crippen LogP contribution in [0.1, 0.15) is 45.1 Å². The SMILES string of the molecule is CCS[C@H]1O[C@@H]2CO[C@@H](c3ccccc3)O[C@H]2[C@H](OCc2ccccc2)[C@@H]1O[Si](C)(C)C(C)(C)C. The highest BCUT2D eigenvalue weighted by Crippen LogP contribution is 2.44. The number of hydrogen-bond donors (Lipinski definition) is 0. The lowest BCUT2D eigenvalue weighted by molar-refractivity contribution is -0.323. The van der Waals surface area contributed by atoms with E-state index in [0.717, 1.165) is 16.9 Å². The summed E-state index contributed by atoms with van der Waals surface area (Å²) in [5, 5.41) is 0.0678. The molecule has 0 aliphatic carbocycles. The zero-order valence-corrected chi connectivity index (χ0v) is 23.6. The first-order valence-electron chi connectivity index (χ1n) is 12.6. The number of thioether (sulfide) groups is 1. The third-order valence-electron chi connectivity index (χ3n) is 7.21. The summed E-state index contributed by atoms with van der Waals surface area (Å²) in [5.41, 5.74) is 1.99. The lowest BCUT2D eigenvalue weighted by Crippen LogP contribution is -2.64. The van der Waals surface area contributed by atoms with Gasteiger partial charge in [0.05, 0.1) is 13.2 Å². The summed E-state index contributed by atoms with van der Waals surface area (Å²) in [4.78, 5) is 0. The normalized spacial score (nSPS) is 29.5. The molecule has 0 saturated carbocycles. The predicted octanol–water partition coefficient (Wildman–Crippen LogP) is 6.55. The minimum absolute atomic E-state index is 0.0678. The highest BCUT2D eigenvalue weighted by Gasteiger charge is 2.53. The molecule has 0 N–H and O–H groups in total. The van der Waals surface area contributed by atoms with E-state index in [1.54, 1.807) is 11.8 Å². The van der Waals surface area contributed by atoms with Crippen molar-refractivity contribution in [1.82, 2.24) is 0 Å². The van der Waals surface area contributed by atoms with E-state index in [0.29, 0.717) is 13.2 Å². The molecule has 2 aliphatic rings. The quantitative estimate of drug-likeness (QED) is 0.371. The van der Waals surface area contributed by atoms with Gasteiger partial charge in [0.25, 0.3) is 0 Å². The average Bonchev–Trinajstić information content (AvgIpc) is 2.84. The van der Waals surface area contributed by atoms with Crippen molar-refractivity contribution in [2.45, 2.75) is 88.6 Å². The van der Waals surface area contributed by atoms with Crippen LogP contribution in [0.25, 0.3) is 0 Å². The van der Waals surface area contributed by atoms with Gasteiger partial charge in [0.15, 0.2) is 14.6 Å². The van der Waals surface area contributed by atoms with Crippen molar-refractivity contribution < 1.29 is 23.4 Å². The van der Waals surface area contributed by atoms with Crippen LogP contribution in [0.15, 0.2) is 60.7 Å². The van der Waals surface area contributed by atoms with Crippen molar-refractivity contribution >= 4 is 20.1 Å². The van der Waals surface area contributed by atoms with Crippen LogP contribution in [0.5, 0.6) is 0 Å². The van der Waals surface area contributed by atoms with Crippen LogP contribution in [0.2, 0.25) is 18.1 Å². The average molecular weight is 517 g/mol. The Hall–Kier alpha value is -1.19. The van der Waals surface area contributed by atoms with E-state index in [9.17, 15) is 0 Å². The van der Waals surface area contributed by atoms with Crippen molar-refractivity contribution in [3.63, 3.8) is 0 Å². The molecule has 2 aromatic carbocycles. The fraction of sp³-hybridized carbons (Fsp3) is 0.571. The van der Waals surface area contributed by atoms with E-state index >= 15 is 0 Å². The molecule has 0 aromatic heterocycles. The molecule has 192 valence electrons. The van der Waals surface area contributed by atoms with Crippen molar-refractivity contribution in [2.75, 3.05) is 12.4 Å².